The molecule has 0 heterocycles. The Morgan fingerprint density at radius 3 is 2.63 bits per heavy atom. The number of rotatable bonds is 8. The molecule has 4 atom stereocenters. The van der Waals surface area contributed by atoms with E-state index in [0.717, 1.165) is 25.0 Å². The van der Waals surface area contributed by atoms with Crippen LogP contribution >= 0.6 is 0 Å². The lowest BCUT2D eigenvalue weighted by Gasteiger charge is -2.25. The van der Waals surface area contributed by atoms with Crippen LogP contribution in [0.25, 0.3) is 0 Å². The van der Waals surface area contributed by atoms with Gasteiger partial charge in [0.05, 0.1) is 6.10 Å². The molecule has 0 radical (unpaired) electrons. The van der Waals surface area contributed by atoms with Gasteiger partial charge >= 0.3 is 0 Å². The average molecular weight is 261 g/mol. The van der Waals surface area contributed by atoms with E-state index in [-0.39, 0.29) is 0 Å². The Morgan fingerprint density at radius 1 is 1.26 bits per heavy atom. The van der Waals surface area contributed by atoms with Gasteiger partial charge < -0.3 is 10.1 Å². The van der Waals surface area contributed by atoms with Crippen molar-refractivity contribution in [3.63, 3.8) is 0 Å². The van der Waals surface area contributed by atoms with E-state index in [1.54, 1.807) is 0 Å². The summed E-state index contributed by atoms with van der Waals surface area (Å²) in [6.45, 7) is 8.39. The van der Waals surface area contributed by atoms with E-state index in [9.17, 15) is 0 Å². The minimum Gasteiger partial charge on any atom is -0.377 e. The summed E-state index contributed by atoms with van der Waals surface area (Å²) < 4.78 is 5.82. The molecule has 0 spiro atoms. The minimum atomic E-state index is 0.301. The van der Waals surface area contributed by atoms with Gasteiger partial charge in [0.2, 0.25) is 0 Å². The van der Waals surface area contributed by atoms with Gasteiger partial charge in [-0.3, -0.25) is 0 Å². The van der Waals surface area contributed by atoms with Crippen LogP contribution in [-0.2, 0) is 4.74 Å². The predicted octanol–water partition coefficient (Wildman–Crippen LogP) is 3.58. The van der Waals surface area contributed by atoms with Crippen molar-refractivity contribution in [2.45, 2.75) is 51.7 Å². The summed E-state index contributed by atoms with van der Waals surface area (Å²) in [4.78, 5) is 0. The monoisotopic (exact) mass is 261 g/mol. The zero-order valence-corrected chi connectivity index (χ0v) is 12.4. The van der Waals surface area contributed by atoms with E-state index in [1.807, 2.05) is 0 Å². The molecule has 0 aliphatic heterocycles. The number of benzene rings is 1. The summed E-state index contributed by atoms with van der Waals surface area (Å²) in [7, 11) is 0. The second-order valence-corrected chi connectivity index (χ2v) is 5.56. The quantitative estimate of drug-likeness (QED) is 0.772. The van der Waals surface area contributed by atoms with E-state index in [0.29, 0.717) is 12.1 Å². The van der Waals surface area contributed by atoms with Crippen LogP contribution in [0.5, 0.6) is 0 Å². The molecule has 2 rings (SSSR count). The Labute approximate surface area is 117 Å². The van der Waals surface area contributed by atoms with Gasteiger partial charge in [-0.1, -0.05) is 37.3 Å². The molecular weight excluding hydrogens is 234 g/mol. The maximum Gasteiger partial charge on any atom is 0.0702 e. The first-order chi connectivity index (χ1) is 9.27. The molecule has 1 aromatic carbocycles. The Hall–Kier alpha value is -0.860. The number of hydrogen-bond acceptors (Lipinski definition) is 2. The van der Waals surface area contributed by atoms with Crippen molar-refractivity contribution in [2.24, 2.45) is 5.92 Å². The third kappa shape index (κ3) is 3.80. The summed E-state index contributed by atoms with van der Waals surface area (Å²) in [5, 5.41) is 3.69. The largest absolute Gasteiger partial charge is 0.377 e. The molecule has 19 heavy (non-hydrogen) atoms. The summed E-state index contributed by atoms with van der Waals surface area (Å²) >= 11 is 0. The average Bonchev–Trinajstić information content (AvgIpc) is 3.21. The fourth-order valence-electron chi connectivity index (χ4n) is 3.04. The molecule has 4 unspecified atom stereocenters. The van der Waals surface area contributed by atoms with Gasteiger partial charge in [-0.25, -0.2) is 0 Å². The van der Waals surface area contributed by atoms with Crippen LogP contribution in [0.2, 0.25) is 0 Å². The summed E-state index contributed by atoms with van der Waals surface area (Å²) in [5.41, 5.74) is 1.49. The topological polar surface area (TPSA) is 21.3 Å². The molecule has 1 aliphatic carbocycles. The summed E-state index contributed by atoms with van der Waals surface area (Å²) in [6.07, 6.45) is 2.77. The van der Waals surface area contributed by atoms with Crippen molar-refractivity contribution >= 4 is 0 Å². The van der Waals surface area contributed by atoms with Gasteiger partial charge in [-0.05, 0) is 50.6 Å². The molecule has 0 bridgehead atoms. The number of nitrogens with one attached hydrogen (secondary N) is 1. The molecule has 1 aromatic rings. The van der Waals surface area contributed by atoms with Crippen molar-refractivity contribution in [3.05, 3.63) is 35.9 Å². The van der Waals surface area contributed by atoms with Gasteiger partial charge in [-0.2, -0.15) is 0 Å². The zero-order valence-electron chi connectivity index (χ0n) is 12.4. The fourth-order valence-corrected chi connectivity index (χ4v) is 3.04. The van der Waals surface area contributed by atoms with Crippen LogP contribution in [0.1, 0.15) is 45.1 Å². The van der Waals surface area contributed by atoms with Crippen LogP contribution in [0, 0.1) is 5.92 Å². The first kappa shape index (κ1) is 14.5. The Morgan fingerprint density at radius 2 is 2.00 bits per heavy atom. The van der Waals surface area contributed by atoms with Gasteiger partial charge in [0.15, 0.2) is 0 Å². The molecule has 106 valence electrons. The second kappa shape index (κ2) is 7.06. The van der Waals surface area contributed by atoms with Gasteiger partial charge in [0.1, 0.15) is 0 Å². The summed E-state index contributed by atoms with van der Waals surface area (Å²) in [5.74, 6) is 1.45. The van der Waals surface area contributed by atoms with E-state index in [2.05, 4.69) is 56.4 Å². The maximum absolute atomic E-state index is 5.82. The maximum atomic E-state index is 5.82. The molecular formula is C17H27NO. The van der Waals surface area contributed by atoms with Crippen LogP contribution < -0.4 is 5.32 Å². The van der Waals surface area contributed by atoms with Crippen molar-refractivity contribution in [1.82, 2.24) is 5.32 Å². The molecule has 0 amide bonds. The van der Waals surface area contributed by atoms with Crippen molar-refractivity contribution in [1.29, 1.82) is 0 Å². The lowest BCUT2D eigenvalue weighted by molar-refractivity contribution is 0.0409. The lowest BCUT2D eigenvalue weighted by Crippen LogP contribution is -2.42. The van der Waals surface area contributed by atoms with E-state index in [1.165, 1.54) is 18.4 Å². The smallest absolute Gasteiger partial charge is 0.0702 e. The molecule has 1 fully saturated rings. The van der Waals surface area contributed by atoms with Crippen LogP contribution in [0.3, 0.4) is 0 Å². The molecule has 1 aliphatic rings. The van der Waals surface area contributed by atoms with Crippen LogP contribution in [-0.4, -0.2) is 25.3 Å². The van der Waals surface area contributed by atoms with Gasteiger partial charge in [-0.15, -0.1) is 0 Å². The Kier molecular flexibility index (Phi) is 5.41. The Bertz CT molecular complexity index is 365. The third-order valence-electron chi connectivity index (χ3n) is 4.09. The van der Waals surface area contributed by atoms with Crippen molar-refractivity contribution < 1.29 is 4.74 Å². The molecule has 1 N–H and O–H groups in total. The minimum absolute atomic E-state index is 0.301. The highest BCUT2D eigenvalue weighted by molar-refractivity contribution is 5.27. The molecule has 1 saturated carbocycles. The van der Waals surface area contributed by atoms with Crippen LogP contribution in [0.15, 0.2) is 30.3 Å². The van der Waals surface area contributed by atoms with Gasteiger partial charge in [0, 0.05) is 12.6 Å². The normalized spacial score (nSPS) is 25.0. The highest BCUT2D eigenvalue weighted by Crippen LogP contribution is 2.50. The lowest BCUT2D eigenvalue weighted by atomic mass is 10.0. The highest BCUT2D eigenvalue weighted by Gasteiger charge is 2.45. The first-order valence-electron chi connectivity index (χ1n) is 7.67. The number of ether oxygens (including phenoxy) is 1. The molecule has 0 saturated heterocycles. The van der Waals surface area contributed by atoms with Gasteiger partial charge in [0.25, 0.3) is 0 Å². The third-order valence-corrected chi connectivity index (χ3v) is 4.09. The van der Waals surface area contributed by atoms with E-state index < -0.39 is 0 Å². The number of hydrogen-bond donors (Lipinski definition) is 1. The van der Waals surface area contributed by atoms with Crippen LogP contribution in [0.4, 0.5) is 0 Å². The molecule has 2 nitrogen and oxygen atoms in total. The summed E-state index contributed by atoms with van der Waals surface area (Å²) in [6, 6.07) is 11.4. The molecule has 2 heteroatoms. The standard InChI is InChI=1S/C17H27NO/c1-4-11-18-17(13(3)19-5-2)16-12-15(16)14-9-7-6-8-10-14/h6-10,13,15-18H,4-5,11-12H2,1-3H3. The highest BCUT2D eigenvalue weighted by atomic mass is 16.5. The second-order valence-electron chi connectivity index (χ2n) is 5.56. The predicted molar refractivity (Wildman–Crippen MR) is 80.5 cm³/mol. The van der Waals surface area contributed by atoms with Crippen molar-refractivity contribution in [2.75, 3.05) is 13.2 Å². The molecule has 0 aromatic heterocycles. The van der Waals surface area contributed by atoms with E-state index >= 15 is 0 Å². The Balaban J connectivity index is 1.96. The SMILES string of the molecule is CCCNC(C(C)OCC)C1CC1c1ccccc1. The fraction of sp³-hybridized carbons (Fsp3) is 0.647. The van der Waals surface area contributed by atoms with E-state index in [4.69, 9.17) is 4.74 Å². The first-order valence-corrected chi connectivity index (χ1v) is 7.67. The van der Waals surface area contributed by atoms with Crippen molar-refractivity contribution in [3.8, 4) is 0 Å². The zero-order chi connectivity index (χ0) is 13.7.